The topological polar surface area (TPSA) is 103 Å². The van der Waals surface area contributed by atoms with Crippen LogP contribution in [-0.2, 0) is 32.2 Å². The van der Waals surface area contributed by atoms with Crippen LogP contribution in [0.4, 0.5) is 14.6 Å². The van der Waals surface area contributed by atoms with Crippen molar-refractivity contribution in [3.05, 3.63) is 68.9 Å². The van der Waals surface area contributed by atoms with Gasteiger partial charge in [0.1, 0.15) is 23.3 Å². The van der Waals surface area contributed by atoms with E-state index in [1.54, 1.807) is 0 Å². The molecule has 5 rings (SSSR count). The minimum atomic E-state index is -0.662. The van der Waals surface area contributed by atoms with Crippen LogP contribution in [0.15, 0.2) is 32.5 Å². The highest BCUT2D eigenvalue weighted by atomic mass is 79.9. The second-order valence-electron chi connectivity index (χ2n) is 8.40. The highest BCUT2D eigenvalue weighted by Gasteiger charge is 2.25. The lowest BCUT2D eigenvalue weighted by Gasteiger charge is -2.12. The van der Waals surface area contributed by atoms with Crippen molar-refractivity contribution in [3.63, 3.8) is 0 Å². The number of hydrogen-bond acceptors (Lipinski definition) is 7. The van der Waals surface area contributed by atoms with E-state index in [1.807, 2.05) is 4.57 Å². The Hall–Kier alpha value is -3.28. The van der Waals surface area contributed by atoms with Crippen LogP contribution in [0.25, 0.3) is 5.78 Å². The third-order valence-corrected chi connectivity index (χ3v) is 6.37. The molecular weight excluding hydrogens is 524 g/mol. The molecule has 0 amide bonds. The van der Waals surface area contributed by atoms with Crippen LogP contribution in [0.2, 0.25) is 0 Å². The van der Waals surface area contributed by atoms with Gasteiger partial charge in [-0.1, -0.05) is 31.0 Å². The van der Waals surface area contributed by atoms with E-state index in [2.05, 4.69) is 48.2 Å². The average molecular weight is 546 g/mol. The first-order valence-corrected chi connectivity index (χ1v) is 12.2. The molecule has 0 fully saturated rings. The predicted molar refractivity (Wildman–Crippen MR) is 127 cm³/mol. The van der Waals surface area contributed by atoms with Crippen LogP contribution in [-0.4, -0.2) is 33.9 Å². The van der Waals surface area contributed by atoms with Gasteiger partial charge < -0.3 is 4.52 Å². The van der Waals surface area contributed by atoms with E-state index < -0.39 is 11.6 Å². The summed E-state index contributed by atoms with van der Waals surface area (Å²) in [5, 5.41) is 12.5. The van der Waals surface area contributed by atoms with Crippen LogP contribution in [0.1, 0.15) is 54.9 Å². The average Bonchev–Trinajstić information content (AvgIpc) is 3.55. The van der Waals surface area contributed by atoms with Crippen LogP contribution in [0.3, 0.4) is 0 Å². The summed E-state index contributed by atoms with van der Waals surface area (Å²) in [6, 6.07) is 3.36. The Morgan fingerprint density at radius 1 is 1.17 bits per heavy atom. The highest BCUT2D eigenvalue weighted by molar-refractivity contribution is 9.18. The molecule has 0 bridgehead atoms. The summed E-state index contributed by atoms with van der Waals surface area (Å²) in [5.74, 6) is 0.899. The molecule has 0 aliphatic carbocycles. The van der Waals surface area contributed by atoms with Crippen molar-refractivity contribution < 1.29 is 13.3 Å². The van der Waals surface area contributed by atoms with E-state index in [0.29, 0.717) is 59.3 Å². The van der Waals surface area contributed by atoms with Gasteiger partial charge in [-0.15, -0.1) is 10.2 Å². The number of hydrogen-bond donors (Lipinski definition) is 0. The monoisotopic (exact) mass is 545 g/mol. The highest BCUT2D eigenvalue weighted by Crippen LogP contribution is 2.28. The van der Waals surface area contributed by atoms with E-state index in [9.17, 15) is 13.6 Å². The number of benzene rings is 1. The maximum atomic E-state index is 13.9. The largest absolute Gasteiger partial charge is 0.339 e. The zero-order chi connectivity index (χ0) is 24.5. The Morgan fingerprint density at radius 2 is 2.03 bits per heavy atom. The molecule has 9 nitrogen and oxygen atoms in total. The normalized spacial score (nSPS) is 13.0. The Kier molecular flexibility index (Phi) is 6.54. The van der Waals surface area contributed by atoms with E-state index >= 15 is 0 Å². The number of aryl methyl sites for hydroxylation is 3. The summed E-state index contributed by atoms with van der Waals surface area (Å²) < 4.78 is 36.6. The number of rotatable bonds is 9. The molecule has 4 heterocycles. The molecule has 4 aromatic rings. The van der Waals surface area contributed by atoms with E-state index in [-0.39, 0.29) is 23.4 Å². The molecule has 12 heteroatoms. The van der Waals surface area contributed by atoms with Gasteiger partial charge in [-0.2, -0.15) is 4.98 Å². The lowest BCUT2D eigenvalue weighted by Crippen LogP contribution is -2.24. The van der Waals surface area contributed by atoms with E-state index in [4.69, 9.17) is 4.52 Å². The fraction of sp³-hybridized carbons (Fsp3) is 0.391. The first-order chi connectivity index (χ1) is 16.9. The summed E-state index contributed by atoms with van der Waals surface area (Å²) in [6.45, 7) is 2.82. The molecule has 0 N–H and O–H groups in total. The molecule has 1 aliphatic rings. The van der Waals surface area contributed by atoms with E-state index in [0.717, 1.165) is 25.3 Å². The molecule has 35 heavy (non-hydrogen) atoms. The molecule has 1 aromatic carbocycles. The Labute approximate surface area is 207 Å². The van der Waals surface area contributed by atoms with Gasteiger partial charge in [0.15, 0.2) is 5.82 Å². The molecule has 1 aliphatic heterocycles. The molecule has 0 saturated carbocycles. The summed E-state index contributed by atoms with van der Waals surface area (Å²) in [5.41, 5.74) is 0.703. The van der Waals surface area contributed by atoms with Crippen LogP contribution >= 0.6 is 15.9 Å². The van der Waals surface area contributed by atoms with Crippen molar-refractivity contribution in [2.75, 3.05) is 0 Å². The predicted octanol–water partition coefficient (Wildman–Crippen LogP) is 4.10. The molecule has 0 spiro atoms. The van der Waals surface area contributed by atoms with Crippen LogP contribution in [0.5, 0.6) is 0 Å². The zero-order valence-electron chi connectivity index (χ0n) is 19.0. The van der Waals surface area contributed by atoms with Gasteiger partial charge in [-0.25, -0.2) is 18.2 Å². The van der Waals surface area contributed by atoms with Gasteiger partial charge in [0.25, 0.3) is 5.56 Å². The van der Waals surface area contributed by atoms with Gasteiger partial charge >= 0.3 is 0 Å². The maximum absolute atomic E-state index is 13.9. The van der Waals surface area contributed by atoms with Crippen molar-refractivity contribution in [1.82, 2.24) is 29.3 Å². The van der Waals surface area contributed by atoms with Crippen molar-refractivity contribution in [3.8, 4) is 0 Å². The number of aromatic nitrogens is 6. The molecule has 0 unspecified atom stereocenters. The van der Waals surface area contributed by atoms with Crippen molar-refractivity contribution >= 4 is 32.1 Å². The first-order valence-electron chi connectivity index (χ1n) is 11.4. The summed E-state index contributed by atoms with van der Waals surface area (Å²) in [4.78, 5) is 22.1. The second-order valence-corrected chi connectivity index (χ2v) is 9.31. The third kappa shape index (κ3) is 4.66. The zero-order valence-corrected chi connectivity index (χ0v) is 20.6. The van der Waals surface area contributed by atoms with Gasteiger partial charge in [0.2, 0.25) is 11.7 Å². The molecule has 0 atom stereocenters. The SMILES string of the molecule is CCCCCn1c2c(c(=O)n3c(CCc4nc(Cc5ccc(F)cc5F)no4)nnc13)CC(Br)=N2. The Balaban J connectivity index is 1.38. The van der Waals surface area contributed by atoms with Gasteiger partial charge in [-0.05, 0) is 34.0 Å². The molecule has 182 valence electrons. The van der Waals surface area contributed by atoms with Gasteiger partial charge in [0, 0.05) is 38.3 Å². The smallest absolute Gasteiger partial charge is 0.266 e. The fourth-order valence-electron chi connectivity index (χ4n) is 4.17. The maximum Gasteiger partial charge on any atom is 0.266 e. The Bertz CT molecular complexity index is 1490. The molecule has 0 radical (unpaired) electrons. The number of nitrogens with zero attached hydrogens (tertiary/aromatic N) is 7. The van der Waals surface area contributed by atoms with Gasteiger partial charge in [0.05, 0.1) is 10.2 Å². The minimum Gasteiger partial charge on any atom is -0.339 e. The van der Waals surface area contributed by atoms with Crippen molar-refractivity contribution in [2.45, 2.75) is 58.4 Å². The fourth-order valence-corrected chi connectivity index (χ4v) is 4.61. The number of aliphatic imine (C=N–C) groups is 1. The second kappa shape index (κ2) is 9.76. The lowest BCUT2D eigenvalue weighted by molar-refractivity contribution is 0.372. The summed E-state index contributed by atoms with van der Waals surface area (Å²) in [6.07, 6.45) is 4.25. The molecule has 3 aromatic heterocycles. The lowest BCUT2D eigenvalue weighted by atomic mass is 10.1. The van der Waals surface area contributed by atoms with Crippen molar-refractivity contribution in [2.24, 2.45) is 4.99 Å². The first kappa shape index (κ1) is 23.5. The van der Waals surface area contributed by atoms with Gasteiger partial charge in [-0.3, -0.25) is 9.36 Å². The number of unbranched alkanes of at least 4 members (excludes halogenated alkanes) is 2. The summed E-state index contributed by atoms with van der Waals surface area (Å²) in [7, 11) is 0. The van der Waals surface area contributed by atoms with E-state index in [1.165, 1.54) is 16.5 Å². The van der Waals surface area contributed by atoms with Crippen molar-refractivity contribution in [1.29, 1.82) is 0 Å². The van der Waals surface area contributed by atoms with Crippen LogP contribution < -0.4 is 5.56 Å². The quantitative estimate of drug-likeness (QED) is 0.293. The molecule has 0 saturated heterocycles. The minimum absolute atomic E-state index is 0.0763. The third-order valence-electron chi connectivity index (χ3n) is 5.91. The molecular formula is C23H22BrF2N7O2. The standard InChI is InChI=1S/C23H22BrF2N7O2/c1-2-3-4-9-32-21-15(12-17(24)27-21)22(34)33-19(29-30-23(32)33)7-8-20-28-18(31-35-20)10-13-5-6-14(25)11-16(13)26/h5-6,11H,2-4,7-10,12H2,1H3. The number of halogens is 3. The summed E-state index contributed by atoms with van der Waals surface area (Å²) >= 11 is 3.43. The number of fused-ring (bicyclic) bond motifs is 2. The van der Waals surface area contributed by atoms with Crippen LogP contribution in [0, 0.1) is 11.6 Å². The Morgan fingerprint density at radius 3 is 2.83 bits per heavy atom.